The van der Waals surface area contributed by atoms with Gasteiger partial charge in [0.25, 0.3) is 0 Å². The van der Waals surface area contributed by atoms with E-state index in [1.54, 1.807) is 0 Å². The number of anilines is 1. The zero-order chi connectivity index (χ0) is 16.1. The summed E-state index contributed by atoms with van der Waals surface area (Å²) in [5, 5.41) is 3.07. The molecular weight excluding hydrogens is 284 g/mol. The zero-order valence-corrected chi connectivity index (χ0v) is 13.6. The van der Waals surface area contributed by atoms with Gasteiger partial charge in [-0.05, 0) is 49.5 Å². The summed E-state index contributed by atoms with van der Waals surface area (Å²) in [4.78, 5) is 15.3. The van der Waals surface area contributed by atoms with Crippen molar-refractivity contribution in [2.75, 3.05) is 18.4 Å². The summed E-state index contributed by atoms with van der Waals surface area (Å²) in [6, 6.07) is 19.6. The van der Waals surface area contributed by atoms with Gasteiger partial charge in [0.2, 0.25) is 5.91 Å². The van der Waals surface area contributed by atoms with Crippen LogP contribution < -0.4 is 5.32 Å². The summed E-state index contributed by atoms with van der Waals surface area (Å²) in [5.41, 5.74) is 1.92. The topological polar surface area (TPSA) is 32.3 Å². The third kappa shape index (κ3) is 3.99. The van der Waals surface area contributed by atoms with Gasteiger partial charge >= 0.3 is 0 Å². The number of carbonyl (C=O) groups excluding carboxylic acids is 1. The Morgan fingerprint density at radius 2 is 1.57 bits per heavy atom. The lowest BCUT2D eigenvalue weighted by Crippen LogP contribution is -2.41. The summed E-state index contributed by atoms with van der Waals surface area (Å²) in [5.74, 6) is 0.803. The van der Waals surface area contributed by atoms with E-state index < -0.39 is 0 Å². The van der Waals surface area contributed by atoms with Crippen LogP contribution in [0.1, 0.15) is 31.4 Å². The first-order valence-electron chi connectivity index (χ1n) is 8.39. The Morgan fingerprint density at radius 1 is 1.00 bits per heavy atom. The molecule has 1 atom stereocenters. The molecule has 1 N–H and O–H groups in total. The van der Waals surface area contributed by atoms with Crippen LogP contribution >= 0.6 is 0 Å². The maximum atomic E-state index is 12.9. The number of para-hydroxylation sites is 1. The highest BCUT2D eigenvalue weighted by Crippen LogP contribution is 2.28. The molecule has 0 aromatic heterocycles. The van der Waals surface area contributed by atoms with Gasteiger partial charge in [0, 0.05) is 5.69 Å². The Bertz CT molecular complexity index is 619. The molecule has 3 heteroatoms. The quantitative estimate of drug-likeness (QED) is 0.922. The molecule has 0 bridgehead atoms. The Hall–Kier alpha value is -2.13. The molecule has 0 saturated carbocycles. The molecule has 1 amide bonds. The number of carbonyl (C=O) groups is 1. The van der Waals surface area contributed by atoms with E-state index >= 15 is 0 Å². The van der Waals surface area contributed by atoms with E-state index in [9.17, 15) is 4.79 Å². The predicted molar refractivity (Wildman–Crippen MR) is 94.2 cm³/mol. The number of rotatable bonds is 4. The van der Waals surface area contributed by atoms with E-state index in [-0.39, 0.29) is 11.9 Å². The minimum Gasteiger partial charge on any atom is -0.324 e. The van der Waals surface area contributed by atoms with Crippen LogP contribution in [0.5, 0.6) is 0 Å². The van der Waals surface area contributed by atoms with Gasteiger partial charge in [-0.1, -0.05) is 55.5 Å². The first kappa shape index (κ1) is 15.8. The second-order valence-corrected chi connectivity index (χ2v) is 6.39. The Balaban J connectivity index is 1.81. The van der Waals surface area contributed by atoms with Crippen molar-refractivity contribution in [3.63, 3.8) is 0 Å². The van der Waals surface area contributed by atoms with E-state index in [1.807, 2.05) is 60.7 Å². The van der Waals surface area contributed by atoms with Crippen LogP contribution in [0.4, 0.5) is 5.69 Å². The van der Waals surface area contributed by atoms with Crippen LogP contribution in [0.2, 0.25) is 0 Å². The van der Waals surface area contributed by atoms with Crippen LogP contribution in [0.3, 0.4) is 0 Å². The van der Waals surface area contributed by atoms with Crippen LogP contribution in [-0.2, 0) is 4.79 Å². The van der Waals surface area contributed by atoms with Crippen molar-refractivity contribution in [1.29, 1.82) is 0 Å². The van der Waals surface area contributed by atoms with E-state index in [4.69, 9.17) is 0 Å². The van der Waals surface area contributed by atoms with Gasteiger partial charge in [0.15, 0.2) is 0 Å². The highest BCUT2D eigenvalue weighted by Gasteiger charge is 2.30. The molecule has 1 unspecified atom stereocenters. The number of benzene rings is 2. The Labute approximate surface area is 138 Å². The maximum Gasteiger partial charge on any atom is 0.246 e. The molecule has 2 aromatic carbocycles. The Morgan fingerprint density at radius 3 is 2.17 bits per heavy atom. The lowest BCUT2D eigenvalue weighted by atomic mass is 9.95. The van der Waals surface area contributed by atoms with Gasteiger partial charge in [-0.25, -0.2) is 0 Å². The Kier molecular flexibility index (Phi) is 5.09. The van der Waals surface area contributed by atoms with Crippen molar-refractivity contribution >= 4 is 11.6 Å². The smallest absolute Gasteiger partial charge is 0.246 e. The van der Waals surface area contributed by atoms with Crippen molar-refractivity contribution in [2.45, 2.75) is 25.8 Å². The SMILES string of the molecule is CC1CCN(C(C(=O)Nc2ccccc2)c2ccccc2)CC1. The summed E-state index contributed by atoms with van der Waals surface area (Å²) in [6.45, 7) is 4.24. The molecule has 1 heterocycles. The summed E-state index contributed by atoms with van der Waals surface area (Å²) in [7, 11) is 0. The number of hydrogen-bond acceptors (Lipinski definition) is 2. The number of amides is 1. The molecule has 23 heavy (non-hydrogen) atoms. The van der Waals surface area contributed by atoms with Gasteiger partial charge < -0.3 is 5.32 Å². The van der Waals surface area contributed by atoms with Crippen molar-refractivity contribution in [1.82, 2.24) is 4.90 Å². The van der Waals surface area contributed by atoms with Gasteiger partial charge in [-0.15, -0.1) is 0 Å². The fourth-order valence-electron chi connectivity index (χ4n) is 3.18. The standard InChI is InChI=1S/C20H24N2O/c1-16-12-14-22(15-13-16)19(17-8-4-2-5-9-17)20(23)21-18-10-6-3-7-11-18/h2-11,16,19H,12-15H2,1H3,(H,21,23). The fourth-order valence-corrected chi connectivity index (χ4v) is 3.18. The van der Waals surface area contributed by atoms with E-state index in [2.05, 4.69) is 17.1 Å². The number of likely N-dealkylation sites (tertiary alicyclic amines) is 1. The van der Waals surface area contributed by atoms with Crippen molar-refractivity contribution in [3.05, 3.63) is 66.2 Å². The van der Waals surface area contributed by atoms with Crippen molar-refractivity contribution < 1.29 is 4.79 Å². The third-order valence-corrected chi connectivity index (χ3v) is 4.59. The molecule has 3 nitrogen and oxygen atoms in total. The summed E-state index contributed by atoms with van der Waals surface area (Å²) < 4.78 is 0. The average molecular weight is 308 g/mol. The lowest BCUT2D eigenvalue weighted by molar-refractivity contribution is -0.122. The third-order valence-electron chi connectivity index (χ3n) is 4.59. The molecule has 1 fully saturated rings. The average Bonchev–Trinajstić information content (AvgIpc) is 2.59. The lowest BCUT2D eigenvalue weighted by Gasteiger charge is -2.36. The number of nitrogens with one attached hydrogen (secondary N) is 1. The van der Waals surface area contributed by atoms with E-state index in [0.717, 1.165) is 43.1 Å². The molecule has 1 aliphatic rings. The predicted octanol–water partition coefficient (Wildman–Crippen LogP) is 4.10. The van der Waals surface area contributed by atoms with Gasteiger partial charge in [-0.3, -0.25) is 9.69 Å². The first-order valence-corrected chi connectivity index (χ1v) is 8.39. The molecule has 2 aromatic rings. The van der Waals surface area contributed by atoms with Crippen molar-refractivity contribution in [2.24, 2.45) is 5.92 Å². The van der Waals surface area contributed by atoms with E-state index in [0.29, 0.717) is 0 Å². The fraction of sp³-hybridized carbons (Fsp3) is 0.350. The molecule has 0 spiro atoms. The summed E-state index contributed by atoms with van der Waals surface area (Å²) in [6.07, 6.45) is 2.31. The first-order chi connectivity index (χ1) is 11.2. The molecule has 3 rings (SSSR count). The highest BCUT2D eigenvalue weighted by atomic mass is 16.2. The maximum absolute atomic E-state index is 12.9. The molecular formula is C20H24N2O. The molecule has 120 valence electrons. The monoisotopic (exact) mass is 308 g/mol. The van der Waals surface area contributed by atoms with Crippen LogP contribution in [-0.4, -0.2) is 23.9 Å². The van der Waals surface area contributed by atoms with Gasteiger partial charge in [0.1, 0.15) is 6.04 Å². The molecule has 0 radical (unpaired) electrons. The van der Waals surface area contributed by atoms with Crippen LogP contribution in [0.15, 0.2) is 60.7 Å². The number of piperidine rings is 1. The summed E-state index contributed by atoms with van der Waals surface area (Å²) >= 11 is 0. The molecule has 0 aliphatic carbocycles. The van der Waals surface area contributed by atoms with Crippen LogP contribution in [0.25, 0.3) is 0 Å². The minimum atomic E-state index is -0.219. The second kappa shape index (κ2) is 7.42. The second-order valence-electron chi connectivity index (χ2n) is 6.39. The van der Waals surface area contributed by atoms with Crippen molar-refractivity contribution in [3.8, 4) is 0 Å². The van der Waals surface area contributed by atoms with Gasteiger partial charge in [0.05, 0.1) is 0 Å². The van der Waals surface area contributed by atoms with Gasteiger partial charge in [-0.2, -0.15) is 0 Å². The minimum absolute atomic E-state index is 0.0527. The normalized spacial score (nSPS) is 17.6. The molecule has 1 saturated heterocycles. The highest BCUT2D eigenvalue weighted by molar-refractivity contribution is 5.95. The largest absolute Gasteiger partial charge is 0.324 e. The number of nitrogens with zero attached hydrogens (tertiary/aromatic N) is 1. The molecule has 1 aliphatic heterocycles. The number of hydrogen-bond donors (Lipinski definition) is 1. The zero-order valence-electron chi connectivity index (χ0n) is 13.6. The van der Waals surface area contributed by atoms with E-state index in [1.165, 1.54) is 0 Å². The van der Waals surface area contributed by atoms with Crippen LogP contribution in [0, 0.1) is 5.92 Å².